The first-order valence-electron chi connectivity index (χ1n) is 9.91. The van der Waals surface area contributed by atoms with Crippen LogP contribution in [0.25, 0.3) is 11.2 Å². The van der Waals surface area contributed by atoms with Gasteiger partial charge in [0.1, 0.15) is 12.4 Å². The molecule has 0 unspecified atom stereocenters. The van der Waals surface area contributed by atoms with E-state index in [9.17, 15) is 13.5 Å². The molecule has 4 N–H and O–H groups in total. The molecule has 1 aromatic carbocycles. The lowest BCUT2D eigenvalue weighted by Gasteiger charge is -2.17. The van der Waals surface area contributed by atoms with Gasteiger partial charge in [-0.3, -0.25) is 8.75 Å². The molecule has 1 aliphatic heterocycles. The van der Waals surface area contributed by atoms with Crippen molar-refractivity contribution in [2.75, 3.05) is 11.9 Å². The minimum atomic E-state index is -4.08. The fourth-order valence-electron chi connectivity index (χ4n) is 4.27. The number of nitrogens with two attached hydrogens (primary N) is 1. The Morgan fingerprint density at radius 1 is 1.29 bits per heavy atom. The Balaban J connectivity index is 1.38. The molecule has 0 amide bonds. The number of nitrogens with zero attached hydrogens (tertiary/aromatic N) is 4. The number of aliphatic hydroxyl groups excluding tert-OH is 1. The van der Waals surface area contributed by atoms with Gasteiger partial charge in [0.2, 0.25) is 0 Å². The summed E-state index contributed by atoms with van der Waals surface area (Å²) in [4.78, 5) is 13.1. The molecule has 3 heterocycles. The molecule has 164 valence electrons. The summed E-state index contributed by atoms with van der Waals surface area (Å²) in [5.41, 5.74) is 3.64. The van der Waals surface area contributed by atoms with Crippen molar-refractivity contribution in [2.45, 2.75) is 43.7 Å². The zero-order valence-corrected chi connectivity index (χ0v) is 17.3. The zero-order chi connectivity index (χ0) is 21.6. The lowest BCUT2D eigenvalue weighted by atomic mass is 10.1. The van der Waals surface area contributed by atoms with Crippen LogP contribution in [-0.4, -0.2) is 51.9 Å². The van der Waals surface area contributed by atoms with Crippen LogP contribution in [0.4, 0.5) is 5.82 Å². The number of aromatic nitrogens is 4. The van der Waals surface area contributed by atoms with Crippen molar-refractivity contribution in [1.29, 1.82) is 0 Å². The fourth-order valence-corrected chi connectivity index (χ4v) is 4.62. The Kier molecular flexibility index (Phi) is 5.10. The second-order valence-electron chi connectivity index (χ2n) is 7.71. The molecule has 0 saturated carbocycles. The number of hydrogen-bond donors (Lipinski definition) is 3. The van der Waals surface area contributed by atoms with E-state index in [2.05, 4.69) is 36.6 Å². The van der Waals surface area contributed by atoms with Gasteiger partial charge in [0.15, 0.2) is 23.2 Å². The second-order valence-corrected chi connectivity index (χ2v) is 8.93. The third-order valence-electron chi connectivity index (χ3n) is 5.66. The topological polar surface area (TPSA) is 154 Å². The molecule has 31 heavy (non-hydrogen) atoms. The van der Waals surface area contributed by atoms with Gasteiger partial charge in [0.25, 0.3) is 0 Å². The van der Waals surface area contributed by atoms with Crippen molar-refractivity contribution in [3.63, 3.8) is 0 Å². The van der Waals surface area contributed by atoms with E-state index >= 15 is 0 Å². The van der Waals surface area contributed by atoms with E-state index in [0.717, 1.165) is 12.8 Å². The normalized spacial score (nSPS) is 25.7. The summed E-state index contributed by atoms with van der Waals surface area (Å²) in [6, 6.07) is 8.45. The lowest BCUT2D eigenvalue weighted by Crippen LogP contribution is -2.23. The molecule has 0 radical (unpaired) electrons. The first-order valence-corrected chi connectivity index (χ1v) is 11.4. The number of fused-ring (bicyclic) bond motifs is 2. The van der Waals surface area contributed by atoms with Gasteiger partial charge >= 0.3 is 10.3 Å². The average molecular weight is 446 g/mol. The Morgan fingerprint density at radius 2 is 2.13 bits per heavy atom. The first kappa shape index (κ1) is 20.3. The molecule has 3 aromatic rings. The van der Waals surface area contributed by atoms with Gasteiger partial charge in [-0.05, 0) is 24.0 Å². The van der Waals surface area contributed by atoms with Crippen LogP contribution in [0.2, 0.25) is 0 Å². The molecular weight excluding hydrogens is 424 g/mol. The van der Waals surface area contributed by atoms with Crippen LogP contribution in [0.1, 0.15) is 36.2 Å². The fraction of sp³-hybridized carbons (Fsp3) is 0.421. The lowest BCUT2D eigenvalue weighted by molar-refractivity contribution is -0.0452. The van der Waals surface area contributed by atoms with Crippen molar-refractivity contribution in [3.05, 3.63) is 48.0 Å². The molecule has 2 aliphatic rings. The van der Waals surface area contributed by atoms with E-state index in [1.54, 1.807) is 4.57 Å². The summed E-state index contributed by atoms with van der Waals surface area (Å²) >= 11 is 0. The summed E-state index contributed by atoms with van der Waals surface area (Å²) in [7, 11) is -4.08. The number of ether oxygens (including phenoxy) is 1. The standard InChI is InChI=1S/C19H22N6O5S/c20-31(27,28)29-8-12-7-15(26)19(30-12)25-10-23-16-17(21-9-22-18(16)25)24-14-6-5-11-3-1-2-4-13(11)14/h1-4,9-10,12,14-15,19,26H,5-8H2,(H2,20,27,28)(H,21,22,24)/t12-,14-,15-,19+/m0/s1. The van der Waals surface area contributed by atoms with E-state index < -0.39 is 28.7 Å². The zero-order valence-electron chi connectivity index (χ0n) is 16.5. The minimum absolute atomic E-state index is 0.132. The quantitative estimate of drug-likeness (QED) is 0.498. The van der Waals surface area contributed by atoms with Crippen molar-refractivity contribution >= 4 is 27.3 Å². The predicted molar refractivity (Wildman–Crippen MR) is 110 cm³/mol. The number of anilines is 1. The van der Waals surface area contributed by atoms with Gasteiger partial charge in [0, 0.05) is 6.42 Å². The van der Waals surface area contributed by atoms with Crippen LogP contribution in [0, 0.1) is 0 Å². The molecule has 4 atom stereocenters. The van der Waals surface area contributed by atoms with Crippen molar-refractivity contribution < 1.29 is 22.4 Å². The van der Waals surface area contributed by atoms with E-state index in [4.69, 9.17) is 9.88 Å². The molecule has 0 spiro atoms. The molecule has 1 aliphatic carbocycles. The first-order chi connectivity index (χ1) is 14.9. The largest absolute Gasteiger partial charge is 0.388 e. The van der Waals surface area contributed by atoms with Crippen LogP contribution < -0.4 is 10.5 Å². The summed E-state index contributed by atoms with van der Waals surface area (Å²) in [6.07, 6.45) is 2.81. The number of imidazole rings is 1. The number of aryl methyl sites for hydroxylation is 1. The number of hydrogen-bond acceptors (Lipinski definition) is 9. The third-order valence-corrected chi connectivity index (χ3v) is 6.12. The SMILES string of the molecule is NS(=O)(=O)OC[C@@H]1C[C@H](O)[C@H](n2cnc3c(N[C@H]4CCc5ccccc54)ncnc32)O1. The molecule has 5 rings (SSSR count). The number of aliphatic hydroxyl groups is 1. The molecule has 11 nitrogen and oxygen atoms in total. The van der Waals surface area contributed by atoms with Crippen molar-refractivity contribution in [2.24, 2.45) is 5.14 Å². The second kappa shape index (κ2) is 7.80. The van der Waals surface area contributed by atoms with Crippen molar-refractivity contribution in [1.82, 2.24) is 19.5 Å². The number of benzene rings is 1. The summed E-state index contributed by atoms with van der Waals surface area (Å²) in [5.74, 6) is 0.604. The van der Waals surface area contributed by atoms with Gasteiger partial charge < -0.3 is 15.2 Å². The predicted octanol–water partition coefficient (Wildman–Crippen LogP) is 0.794. The van der Waals surface area contributed by atoms with Crippen LogP contribution >= 0.6 is 0 Å². The van der Waals surface area contributed by atoms with Gasteiger partial charge in [-0.25, -0.2) is 20.1 Å². The van der Waals surface area contributed by atoms with Gasteiger partial charge in [-0.2, -0.15) is 8.42 Å². The number of nitrogens with one attached hydrogen (secondary N) is 1. The van der Waals surface area contributed by atoms with Gasteiger partial charge in [-0.1, -0.05) is 24.3 Å². The molecule has 12 heteroatoms. The van der Waals surface area contributed by atoms with Crippen LogP contribution in [0.5, 0.6) is 0 Å². The number of rotatable bonds is 6. The van der Waals surface area contributed by atoms with Crippen LogP contribution in [0.15, 0.2) is 36.9 Å². The third kappa shape index (κ3) is 4.00. The highest BCUT2D eigenvalue weighted by atomic mass is 32.2. The molecule has 1 saturated heterocycles. The van der Waals surface area contributed by atoms with Crippen LogP contribution in [0.3, 0.4) is 0 Å². The highest BCUT2D eigenvalue weighted by Crippen LogP contribution is 2.36. The highest BCUT2D eigenvalue weighted by Gasteiger charge is 2.37. The summed E-state index contributed by atoms with van der Waals surface area (Å²) in [5, 5.41) is 18.8. The molecule has 0 bridgehead atoms. The maximum absolute atomic E-state index is 11.0. The van der Waals surface area contributed by atoms with E-state index in [1.807, 2.05) is 12.1 Å². The maximum Gasteiger partial charge on any atom is 0.333 e. The van der Waals surface area contributed by atoms with Crippen molar-refractivity contribution in [3.8, 4) is 0 Å². The maximum atomic E-state index is 11.0. The Bertz CT molecular complexity index is 1220. The molecular formula is C19H22N6O5S. The Hall–Kier alpha value is -2.64. The Labute approximate surface area is 178 Å². The average Bonchev–Trinajstić information content (AvgIpc) is 3.43. The van der Waals surface area contributed by atoms with Gasteiger partial charge in [0.05, 0.1) is 25.1 Å². The molecule has 1 fully saturated rings. The molecule has 2 aromatic heterocycles. The monoisotopic (exact) mass is 446 g/mol. The summed E-state index contributed by atoms with van der Waals surface area (Å²) in [6.45, 7) is -0.276. The Morgan fingerprint density at radius 3 is 2.97 bits per heavy atom. The van der Waals surface area contributed by atoms with Gasteiger partial charge in [-0.15, -0.1) is 0 Å². The summed E-state index contributed by atoms with van der Waals surface area (Å²) < 4.78 is 34.0. The van der Waals surface area contributed by atoms with E-state index in [0.29, 0.717) is 17.0 Å². The minimum Gasteiger partial charge on any atom is -0.388 e. The highest BCUT2D eigenvalue weighted by molar-refractivity contribution is 7.84. The van der Waals surface area contributed by atoms with E-state index in [1.165, 1.54) is 23.8 Å². The van der Waals surface area contributed by atoms with E-state index in [-0.39, 0.29) is 19.1 Å². The smallest absolute Gasteiger partial charge is 0.333 e. The van der Waals surface area contributed by atoms with Crippen LogP contribution in [-0.2, 0) is 25.6 Å².